The van der Waals surface area contributed by atoms with E-state index < -0.39 is 42.1 Å². The summed E-state index contributed by atoms with van der Waals surface area (Å²) >= 11 is 0. The predicted molar refractivity (Wildman–Crippen MR) is 135 cm³/mol. The summed E-state index contributed by atoms with van der Waals surface area (Å²) < 4.78 is 0. The number of fused-ring (bicyclic) bond motifs is 2. The molecular weight excluding hydrogens is 490 g/mol. The monoisotopic (exact) mass is 531 g/mol. The van der Waals surface area contributed by atoms with Gasteiger partial charge in [-0.2, -0.15) is 0 Å². The molecule has 0 aromatic rings. The van der Waals surface area contributed by atoms with Crippen LogP contribution in [0.1, 0.15) is 77.0 Å². The van der Waals surface area contributed by atoms with E-state index in [-0.39, 0.29) is 43.2 Å². The first kappa shape index (κ1) is 30.1. The number of primary amides is 1. The van der Waals surface area contributed by atoms with Crippen molar-refractivity contribution in [2.45, 2.75) is 107 Å². The van der Waals surface area contributed by atoms with E-state index in [2.05, 4.69) is 10.6 Å². The number of nitrogens with two attached hydrogens (primary N) is 2. The number of nitrogens with one attached hydrogen (secondary N) is 2. The standard InChI is InChI=1S/C24H41N5O6.ClH/c25-17(12-14-6-2-1-3-7-14)23(33)29-16-10-9-15(13-16)19(29)22(32)28-18(20(30)21(26)31)8-4-5-11-27-24(34)35;/h14-20,27,30H,1-13,25H2,(H2,26,31)(H,28,32)(H,34,35);1H/t15?,16?,17?,18?,19-,20?;/m0./s1. The molecule has 2 aliphatic carbocycles. The fourth-order valence-electron chi connectivity index (χ4n) is 6.18. The smallest absolute Gasteiger partial charge is 0.404 e. The normalized spacial score (nSPS) is 25.9. The summed E-state index contributed by atoms with van der Waals surface area (Å²) in [5.41, 5.74) is 11.6. The van der Waals surface area contributed by atoms with Gasteiger partial charge < -0.3 is 37.2 Å². The topological polar surface area (TPSA) is 188 Å². The van der Waals surface area contributed by atoms with Gasteiger partial charge in [-0.25, -0.2) is 4.79 Å². The molecular formula is C24H42ClN5O6. The van der Waals surface area contributed by atoms with Crippen LogP contribution in [-0.4, -0.2) is 75.7 Å². The number of hydrogen-bond acceptors (Lipinski definition) is 6. The fraction of sp³-hybridized carbons (Fsp3) is 0.833. The zero-order valence-corrected chi connectivity index (χ0v) is 21.6. The fourth-order valence-corrected chi connectivity index (χ4v) is 6.18. The van der Waals surface area contributed by atoms with Gasteiger partial charge in [0.05, 0.1) is 12.1 Å². The van der Waals surface area contributed by atoms with Gasteiger partial charge in [0.1, 0.15) is 6.04 Å². The van der Waals surface area contributed by atoms with Gasteiger partial charge in [-0.1, -0.05) is 32.1 Å². The Bertz CT molecular complexity index is 780. The second-order valence-electron chi connectivity index (χ2n) is 10.5. The SMILES string of the molecule is Cl.NC(=O)C(O)C(CCCCNC(=O)O)NC(=O)[C@@H]1C2CCC(C2)N1C(=O)C(N)CC1CCCCC1. The predicted octanol–water partition coefficient (Wildman–Crippen LogP) is 0.854. The molecule has 1 saturated heterocycles. The molecule has 11 nitrogen and oxygen atoms in total. The van der Waals surface area contributed by atoms with E-state index in [4.69, 9.17) is 16.6 Å². The zero-order chi connectivity index (χ0) is 25.5. The summed E-state index contributed by atoms with van der Waals surface area (Å²) in [6.45, 7) is 0.218. The van der Waals surface area contributed by atoms with Crippen LogP contribution in [0.25, 0.3) is 0 Å². The molecule has 3 fully saturated rings. The van der Waals surface area contributed by atoms with Crippen molar-refractivity contribution < 1.29 is 29.4 Å². The van der Waals surface area contributed by atoms with Crippen molar-refractivity contribution in [3.8, 4) is 0 Å². The average Bonchev–Trinajstić information content (AvgIpc) is 3.44. The molecule has 8 N–H and O–H groups in total. The van der Waals surface area contributed by atoms with Crippen molar-refractivity contribution in [3.63, 3.8) is 0 Å². The first-order valence-electron chi connectivity index (χ1n) is 13.0. The van der Waals surface area contributed by atoms with E-state index in [1.54, 1.807) is 4.90 Å². The molecule has 0 spiro atoms. The number of carbonyl (C=O) groups is 4. The number of rotatable bonds is 12. The molecule has 0 radical (unpaired) electrons. The Kier molecular flexibility index (Phi) is 11.7. The molecule has 6 atom stereocenters. The van der Waals surface area contributed by atoms with Crippen molar-refractivity contribution in [1.82, 2.24) is 15.5 Å². The van der Waals surface area contributed by atoms with Crippen LogP contribution in [-0.2, 0) is 14.4 Å². The molecule has 2 bridgehead atoms. The number of likely N-dealkylation sites (tertiary alicyclic amines) is 1. The van der Waals surface area contributed by atoms with Gasteiger partial charge in [-0.15, -0.1) is 12.4 Å². The van der Waals surface area contributed by atoms with E-state index in [1.165, 1.54) is 19.3 Å². The second-order valence-corrected chi connectivity index (χ2v) is 10.5. The van der Waals surface area contributed by atoms with Gasteiger partial charge in [0.2, 0.25) is 17.7 Å². The molecule has 2 saturated carbocycles. The summed E-state index contributed by atoms with van der Waals surface area (Å²) in [4.78, 5) is 50.7. The minimum atomic E-state index is -1.58. The lowest BCUT2D eigenvalue weighted by Crippen LogP contribution is -2.59. The van der Waals surface area contributed by atoms with Crippen molar-refractivity contribution in [3.05, 3.63) is 0 Å². The second kappa shape index (κ2) is 14.0. The van der Waals surface area contributed by atoms with Crippen molar-refractivity contribution in [2.24, 2.45) is 23.3 Å². The minimum Gasteiger partial charge on any atom is -0.465 e. The number of halogens is 1. The van der Waals surface area contributed by atoms with Crippen LogP contribution in [0.5, 0.6) is 0 Å². The minimum absolute atomic E-state index is 0. The first-order valence-corrected chi connectivity index (χ1v) is 13.0. The number of nitrogens with zero attached hydrogens (tertiary/aromatic N) is 1. The van der Waals surface area contributed by atoms with Gasteiger partial charge in [0.15, 0.2) is 6.10 Å². The lowest BCUT2D eigenvalue weighted by molar-refractivity contribution is -0.145. The Morgan fingerprint density at radius 1 is 1.03 bits per heavy atom. The molecule has 3 rings (SSSR count). The highest BCUT2D eigenvalue weighted by molar-refractivity contribution is 5.92. The number of carbonyl (C=O) groups excluding carboxylic acids is 3. The van der Waals surface area contributed by atoms with Crippen LogP contribution < -0.4 is 22.1 Å². The number of amides is 4. The zero-order valence-electron chi connectivity index (χ0n) is 20.8. The third-order valence-corrected chi connectivity index (χ3v) is 7.96. The van der Waals surface area contributed by atoms with Gasteiger partial charge in [0.25, 0.3) is 0 Å². The van der Waals surface area contributed by atoms with Gasteiger partial charge >= 0.3 is 6.09 Å². The molecule has 0 aromatic heterocycles. The highest BCUT2D eigenvalue weighted by Crippen LogP contribution is 2.43. The van der Waals surface area contributed by atoms with Gasteiger partial charge in [-0.3, -0.25) is 14.4 Å². The summed E-state index contributed by atoms with van der Waals surface area (Å²) in [7, 11) is 0. The van der Waals surface area contributed by atoms with E-state index in [9.17, 15) is 24.3 Å². The first-order chi connectivity index (χ1) is 16.7. The maximum Gasteiger partial charge on any atom is 0.404 e. The van der Waals surface area contributed by atoms with E-state index in [1.807, 2.05) is 0 Å². The Labute approximate surface area is 218 Å². The number of piperidine rings is 1. The van der Waals surface area contributed by atoms with Crippen LogP contribution in [0.3, 0.4) is 0 Å². The van der Waals surface area contributed by atoms with Crippen molar-refractivity contribution >= 4 is 36.2 Å². The Balaban J connectivity index is 0.00000456. The van der Waals surface area contributed by atoms with E-state index >= 15 is 0 Å². The number of unbranched alkanes of at least 4 members (excludes halogenated alkanes) is 1. The molecule has 12 heteroatoms. The highest BCUT2D eigenvalue weighted by Gasteiger charge is 2.52. The van der Waals surface area contributed by atoms with Crippen LogP contribution in [0.4, 0.5) is 4.79 Å². The molecule has 36 heavy (non-hydrogen) atoms. The average molecular weight is 532 g/mol. The summed E-state index contributed by atoms with van der Waals surface area (Å²) in [6.07, 6.45) is 7.28. The number of hydrogen-bond donors (Lipinski definition) is 6. The molecule has 5 unspecified atom stereocenters. The lowest BCUT2D eigenvalue weighted by atomic mass is 9.84. The van der Waals surface area contributed by atoms with Crippen LogP contribution in [0, 0.1) is 11.8 Å². The Hall–Kier alpha value is -2.11. The van der Waals surface area contributed by atoms with Gasteiger partial charge in [0, 0.05) is 12.6 Å². The summed E-state index contributed by atoms with van der Waals surface area (Å²) in [6, 6.07) is -2.24. The maximum atomic E-state index is 13.4. The van der Waals surface area contributed by atoms with E-state index in [0.29, 0.717) is 25.2 Å². The largest absolute Gasteiger partial charge is 0.465 e. The highest BCUT2D eigenvalue weighted by atomic mass is 35.5. The maximum absolute atomic E-state index is 13.4. The van der Waals surface area contributed by atoms with Crippen molar-refractivity contribution in [2.75, 3.05) is 6.54 Å². The van der Waals surface area contributed by atoms with Gasteiger partial charge in [-0.05, 0) is 56.8 Å². The third-order valence-electron chi connectivity index (χ3n) is 7.96. The third kappa shape index (κ3) is 7.69. The number of carboxylic acid groups (broad SMARTS) is 1. The molecule has 4 amide bonds. The lowest BCUT2D eigenvalue weighted by Gasteiger charge is -2.37. The molecule has 1 heterocycles. The summed E-state index contributed by atoms with van der Waals surface area (Å²) in [5.74, 6) is -1.06. The molecule has 206 valence electrons. The molecule has 0 aromatic carbocycles. The van der Waals surface area contributed by atoms with Crippen molar-refractivity contribution in [1.29, 1.82) is 0 Å². The summed E-state index contributed by atoms with van der Waals surface area (Å²) in [5, 5.41) is 24.0. The van der Waals surface area contributed by atoms with Crippen LogP contribution in [0.15, 0.2) is 0 Å². The van der Waals surface area contributed by atoms with Crippen LogP contribution in [0.2, 0.25) is 0 Å². The molecule has 3 aliphatic rings. The Morgan fingerprint density at radius 3 is 2.36 bits per heavy atom. The number of aliphatic hydroxyl groups excluding tert-OH is 1. The number of aliphatic hydroxyl groups is 1. The molecule has 1 aliphatic heterocycles. The van der Waals surface area contributed by atoms with Crippen LogP contribution >= 0.6 is 12.4 Å². The quantitative estimate of drug-likeness (QED) is 0.201. The Morgan fingerprint density at radius 2 is 1.72 bits per heavy atom. The van der Waals surface area contributed by atoms with E-state index in [0.717, 1.165) is 32.1 Å².